The summed E-state index contributed by atoms with van der Waals surface area (Å²) in [5, 5.41) is 7.88. The number of carbonyl (C=O) groups excluding carboxylic acids is 2. The number of carbonyl (C=O) groups is 2. The zero-order valence-electron chi connectivity index (χ0n) is 17.4. The third-order valence-corrected chi connectivity index (χ3v) is 5.56. The second-order valence-corrected chi connectivity index (χ2v) is 8.10. The third kappa shape index (κ3) is 7.79. The lowest BCUT2D eigenvalue weighted by atomic mass is 10.2. The molecule has 33 heavy (non-hydrogen) atoms. The number of hydrazone groups is 1. The Morgan fingerprint density at radius 1 is 0.909 bits per heavy atom. The molecule has 2 N–H and O–H groups in total. The second kappa shape index (κ2) is 12.3. The molecule has 0 spiro atoms. The number of hydrogen-bond acceptors (Lipinski definition) is 4. The van der Waals surface area contributed by atoms with Gasteiger partial charge in [0, 0.05) is 29.1 Å². The number of nitrogens with zero attached hydrogens (tertiary/aromatic N) is 1. The van der Waals surface area contributed by atoms with E-state index in [1.165, 1.54) is 18.3 Å². The summed E-state index contributed by atoms with van der Waals surface area (Å²) in [6.45, 7) is 0.517. The van der Waals surface area contributed by atoms with Gasteiger partial charge in [-0.05, 0) is 54.1 Å². The van der Waals surface area contributed by atoms with Crippen LogP contribution in [-0.4, -0.2) is 24.6 Å². The van der Waals surface area contributed by atoms with E-state index >= 15 is 0 Å². The molecule has 0 heterocycles. The van der Waals surface area contributed by atoms with Gasteiger partial charge in [-0.1, -0.05) is 53.0 Å². The SMILES string of the molecule is O=C(CCNC(=O)c1ccc(Cl)c(Cl)c1)NN=Cc1ccc(OCc2ccccc2Cl)cc1. The van der Waals surface area contributed by atoms with E-state index < -0.39 is 0 Å². The van der Waals surface area contributed by atoms with Crippen molar-refractivity contribution in [2.24, 2.45) is 5.10 Å². The van der Waals surface area contributed by atoms with Gasteiger partial charge in [-0.2, -0.15) is 5.10 Å². The van der Waals surface area contributed by atoms with Crippen LogP contribution in [0.3, 0.4) is 0 Å². The van der Waals surface area contributed by atoms with Gasteiger partial charge in [0.15, 0.2) is 0 Å². The van der Waals surface area contributed by atoms with Crippen LogP contribution in [0.15, 0.2) is 71.8 Å². The van der Waals surface area contributed by atoms with Gasteiger partial charge in [0.1, 0.15) is 12.4 Å². The summed E-state index contributed by atoms with van der Waals surface area (Å²) in [6.07, 6.45) is 1.59. The highest BCUT2D eigenvalue weighted by atomic mass is 35.5. The topological polar surface area (TPSA) is 79.8 Å². The summed E-state index contributed by atoms with van der Waals surface area (Å²) in [5.41, 5.74) is 4.48. The quantitative estimate of drug-likeness (QED) is 0.298. The minimum atomic E-state index is -0.346. The monoisotopic (exact) mass is 503 g/mol. The first-order chi connectivity index (χ1) is 15.9. The Morgan fingerprint density at radius 2 is 1.67 bits per heavy atom. The van der Waals surface area contributed by atoms with Gasteiger partial charge in [0.2, 0.25) is 5.91 Å². The highest BCUT2D eigenvalue weighted by Gasteiger charge is 2.08. The number of rotatable bonds is 9. The molecule has 2 amide bonds. The normalized spacial score (nSPS) is 10.8. The van der Waals surface area contributed by atoms with Crippen molar-refractivity contribution in [2.75, 3.05) is 6.54 Å². The van der Waals surface area contributed by atoms with Gasteiger partial charge in [-0.15, -0.1) is 0 Å². The van der Waals surface area contributed by atoms with Crippen LogP contribution in [0, 0.1) is 0 Å². The Hall–Kier alpha value is -3.06. The van der Waals surface area contributed by atoms with Crippen LogP contribution in [0.2, 0.25) is 15.1 Å². The van der Waals surface area contributed by atoms with Crippen molar-refractivity contribution in [3.05, 3.63) is 98.5 Å². The number of nitrogens with one attached hydrogen (secondary N) is 2. The van der Waals surface area contributed by atoms with Gasteiger partial charge < -0.3 is 10.1 Å². The lowest BCUT2D eigenvalue weighted by Gasteiger charge is -2.07. The maximum absolute atomic E-state index is 12.1. The van der Waals surface area contributed by atoms with Gasteiger partial charge in [-0.3, -0.25) is 9.59 Å². The average Bonchev–Trinajstić information content (AvgIpc) is 2.81. The third-order valence-electron chi connectivity index (χ3n) is 4.45. The predicted octanol–water partition coefficient (Wildman–Crippen LogP) is 5.50. The number of hydrogen-bond donors (Lipinski definition) is 2. The molecule has 0 aliphatic carbocycles. The summed E-state index contributed by atoms with van der Waals surface area (Å²) in [4.78, 5) is 24.0. The van der Waals surface area contributed by atoms with Crippen molar-refractivity contribution in [1.82, 2.24) is 10.7 Å². The van der Waals surface area contributed by atoms with E-state index in [0.717, 1.165) is 11.1 Å². The summed E-state index contributed by atoms with van der Waals surface area (Å²) in [6, 6.07) is 19.3. The molecule has 0 saturated carbocycles. The van der Waals surface area contributed by atoms with Gasteiger partial charge in [-0.25, -0.2) is 5.43 Å². The van der Waals surface area contributed by atoms with Crippen molar-refractivity contribution in [1.29, 1.82) is 0 Å². The van der Waals surface area contributed by atoms with E-state index in [1.807, 2.05) is 36.4 Å². The average molecular weight is 505 g/mol. The molecular formula is C24H20Cl3N3O3. The minimum absolute atomic E-state index is 0.0687. The van der Waals surface area contributed by atoms with Crippen molar-refractivity contribution < 1.29 is 14.3 Å². The van der Waals surface area contributed by atoms with Crippen LogP contribution < -0.4 is 15.5 Å². The standard InChI is InChI=1S/C24H20Cl3N3O3/c25-20-4-2-1-3-18(20)15-33-19-8-5-16(6-9-19)14-29-30-23(31)11-12-28-24(32)17-7-10-21(26)22(27)13-17/h1-10,13-14H,11-12,15H2,(H,28,32)(H,30,31). The van der Waals surface area contributed by atoms with Gasteiger partial charge in [0.25, 0.3) is 5.91 Å². The predicted molar refractivity (Wildman–Crippen MR) is 131 cm³/mol. The second-order valence-electron chi connectivity index (χ2n) is 6.88. The largest absolute Gasteiger partial charge is 0.489 e. The Bertz CT molecular complexity index is 1150. The molecule has 0 saturated heterocycles. The summed E-state index contributed by atoms with van der Waals surface area (Å²) in [5.74, 6) is 0.0101. The molecule has 6 nitrogen and oxygen atoms in total. The molecular weight excluding hydrogens is 485 g/mol. The van der Waals surface area contributed by atoms with Crippen molar-refractivity contribution in [2.45, 2.75) is 13.0 Å². The summed E-state index contributed by atoms with van der Waals surface area (Å²) >= 11 is 17.9. The van der Waals surface area contributed by atoms with E-state index in [4.69, 9.17) is 39.5 Å². The van der Waals surface area contributed by atoms with Crippen LogP contribution in [0.5, 0.6) is 5.75 Å². The molecule has 3 aromatic carbocycles. The highest BCUT2D eigenvalue weighted by molar-refractivity contribution is 6.42. The molecule has 0 radical (unpaired) electrons. The van der Waals surface area contributed by atoms with E-state index in [-0.39, 0.29) is 29.8 Å². The Morgan fingerprint density at radius 3 is 2.39 bits per heavy atom. The fourth-order valence-electron chi connectivity index (χ4n) is 2.69. The molecule has 0 aromatic heterocycles. The molecule has 3 aromatic rings. The summed E-state index contributed by atoms with van der Waals surface area (Å²) in [7, 11) is 0. The number of halogens is 3. The molecule has 3 rings (SSSR count). The zero-order chi connectivity index (χ0) is 23.6. The Labute approximate surface area is 206 Å². The van der Waals surface area contributed by atoms with Crippen LogP contribution in [0.25, 0.3) is 0 Å². The van der Waals surface area contributed by atoms with Crippen LogP contribution >= 0.6 is 34.8 Å². The van der Waals surface area contributed by atoms with Crippen molar-refractivity contribution in [3.63, 3.8) is 0 Å². The molecule has 170 valence electrons. The van der Waals surface area contributed by atoms with E-state index in [0.29, 0.717) is 28.0 Å². The molecule has 0 unspecified atom stereocenters. The fraction of sp³-hybridized carbons (Fsp3) is 0.125. The number of benzene rings is 3. The molecule has 0 aliphatic rings. The zero-order valence-corrected chi connectivity index (χ0v) is 19.6. The van der Waals surface area contributed by atoms with Crippen molar-refractivity contribution >= 4 is 52.8 Å². The number of amides is 2. The lowest BCUT2D eigenvalue weighted by Crippen LogP contribution is -2.29. The van der Waals surface area contributed by atoms with Crippen molar-refractivity contribution in [3.8, 4) is 5.75 Å². The first-order valence-electron chi connectivity index (χ1n) is 9.94. The van der Waals surface area contributed by atoms with E-state index in [1.54, 1.807) is 18.2 Å². The van der Waals surface area contributed by atoms with Crippen LogP contribution in [0.4, 0.5) is 0 Å². The van der Waals surface area contributed by atoms with Crippen LogP contribution in [-0.2, 0) is 11.4 Å². The first kappa shape index (κ1) is 24.6. The Balaban J connectivity index is 1.38. The lowest BCUT2D eigenvalue weighted by molar-refractivity contribution is -0.120. The first-order valence-corrected chi connectivity index (χ1v) is 11.1. The molecule has 0 fully saturated rings. The summed E-state index contributed by atoms with van der Waals surface area (Å²) < 4.78 is 5.73. The minimum Gasteiger partial charge on any atom is -0.489 e. The van der Waals surface area contributed by atoms with Crippen LogP contribution in [0.1, 0.15) is 27.9 Å². The Kier molecular flexibility index (Phi) is 9.13. The highest BCUT2D eigenvalue weighted by Crippen LogP contribution is 2.22. The molecule has 0 bridgehead atoms. The maximum atomic E-state index is 12.1. The fourth-order valence-corrected chi connectivity index (χ4v) is 3.18. The smallest absolute Gasteiger partial charge is 0.251 e. The number of ether oxygens (including phenoxy) is 1. The van der Waals surface area contributed by atoms with E-state index in [9.17, 15) is 9.59 Å². The molecule has 0 aliphatic heterocycles. The van der Waals surface area contributed by atoms with Gasteiger partial charge >= 0.3 is 0 Å². The maximum Gasteiger partial charge on any atom is 0.251 e. The van der Waals surface area contributed by atoms with E-state index in [2.05, 4.69) is 15.8 Å². The molecule has 0 atom stereocenters. The molecule has 9 heteroatoms. The van der Waals surface area contributed by atoms with Gasteiger partial charge in [0.05, 0.1) is 16.3 Å².